The molecule has 2 rings (SSSR count). The molecular weight excluding hydrogens is 235 g/mol. The molecule has 0 N–H and O–H groups in total. The molecule has 0 aliphatic rings. The highest BCUT2D eigenvalue weighted by molar-refractivity contribution is 7.14. The van der Waals surface area contributed by atoms with E-state index in [-0.39, 0.29) is 11.6 Å². The van der Waals surface area contributed by atoms with Crippen molar-refractivity contribution >= 4 is 17.1 Å². The van der Waals surface area contributed by atoms with Gasteiger partial charge in [-0.2, -0.15) is 0 Å². The van der Waals surface area contributed by atoms with Gasteiger partial charge in [0.15, 0.2) is 5.78 Å². The summed E-state index contributed by atoms with van der Waals surface area (Å²) in [5, 5.41) is 0. The van der Waals surface area contributed by atoms with Crippen molar-refractivity contribution in [3.8, 4) is 0 Å². The number of rotatable bonds is 4. The standard InChI is InChI=1S/C14H13FOS/c1-2-12-7-8-14(17-12)13(16)9-10-3-5-11(15)6-4-10/h3-8H,2,9H2,1H3. The molecule has 1 heterocycles. The third-order valence-electron chi connectivity index (χ3n) is 2.56. The average molecular weight is 248 g/mol. The zero-order valence-corrected chi connectivity index (χ0v) is 10.4. The van der Waals surface area contributed by atoms with Gasteiger partial charge < -0.3 is 0 Å². The lowest BCUT2D eigenvalue weighted by Crippen LogP contribution is -2.00. The monoisotopic (exact) mass is 248 g/mol. The lowest BCUT2D eigenvalue weighted by Gasteiger charge is -1.98. The normalized spacial score (nSPS) is 10.5. The summed E-state index contributed by atoms with van der Waals surface area (Å²) in [5.41, 5.74) is 0.850. The predicted molar refractivity (Wildman–Crippen MR) is 68.1 cm³/mol. The molecule has 88 valence electrons. The first kappa shape index (κ1) is 12.0. The van der Waals surface area contributed by atoms with Crippen molar-refractivity contribution in [3.63, 3.8) is 0 Å². The van der Waals surface area contributed by atoms with Gasteiger partial charge in [-0.25, -0.2) is 4.39 Å². The topological polar surface area (TPSA) is 17.1 Å². The fourth-order valence-corrected chi connectivity index (χ4v) is 2.48. The molecule has 0 amide bonds. The van der Waals surface area contributed by atoms with Crippen LogP contribution in [0, 0.1) is 5.82 Å². The fourth-order valence-electron chi connectivity index (χ4n) is 1.59. The number of halogens is 1. The molecule has 0 atom stereocenters. The summed E-state index contributed by atoms with van der Waals surface area (Å²) in [5.74, 6) is -0.174. The largest absolute Gasteiger partial charge is 0.293 e. The molecule has 0 unspecified atom stereocenters. The minimum atomic E-state index is -0.273. The Balaban J connectivity index is 2.08. The Morgan fingerprint density at radius 2 is 1.88 bits per heavy atom. The Labute approximate surface area is 104 Å². The fraction of sp³-hybridized carbons (Fsp3) is 0.214. The maximum absolute atomic E-state index is 12.7. The molecule has 0 bridgehead atoms. The summed E-state index contributed by atoms with van der Waals surface area (Å²) in [4.78, 5) is 13.9. The maximum atomic E-state index is 12.7. The second kappa shape index (κ2) is 5.23. The van der Waals surface area contributed by atoms with E-state index in [9.17, 15) is 9.18 Å². The molecule has 2 aromatic rings. The molecule has 0 fully saturated rings. The van der Waals surface area contributed by atoms with Gasteiger partial charge in [-0.3, -0.25) is 4.79 Å². The summed E-state index contributed by atoms with van der Waals surface area (Å²) < 4.78 is 12.7. The van der Waals surface area contributed by atoms with Gasteiger partial charge in [0.2, 0.25) is 0 Å². The van der Waals surface area contributed by atoms with E-state index in [0.717, 1.165) is 16.9 Å². The molecule has 0 radical (unpaired) electrons. The quantitative estimate of drug-likeness (QED) is 0.750. The van der Waals surface area contributed by atoms with Gasteiger partial charge in [-0.1, -0.05) is 19.1 Å². The number of carbonyl (C=O) groups is 1. The highest BCUT2D eigenvalue weighted by Crippen LogP contribution is 2.19. The predicted octanol–water partition coefficient (Wildman–Crippen LogP) is 3.88. The van der Waals surface area contributed by atoms with Crippen molar-refractivity contribution in [2.45, 2.75) is 19.8 Å². The van der Waals surface area contributed by atoms with Crippen molar-refractivity contribution in [1.82, 2.24) is 0 Å². The van der Waals surface area contributed by atoms with Crippen LogP contribution in [0.4, 0.5) is 4.39 Å². The van der Waals surface area contributed by atoms with E-state index in [4.69, 9.17) is 0 Å². The number of Topliss-reactive ketones (excluding diaryl/α,β-unsaturated/α-hetero) is 1. The summed E-state index contributed by atoms with van der Waals surface area (Å²) in [6.07, 6.45) is 1.29. The third-order valence-corrected chi connectivity index (χ3v) is 3.83. The van der Waals surface area contributed by atoms with E-state index >= 15 is 0 Å². The lowest BCUT2D eigenvalue weighted by atomic mass is 10.1. The molecule has 1 aromatic carbocycles. The van der Waals surface area contributed by atoms with Crippen LogP contribution in [0.25, 0.3) is 0 Å². The van der Waals surface area contributed by atoms with Crippen molar-refractivity contribution in [1.29, 1.82) is 0 Å². The van der Waals surface area contributed by atoms with E-state index in [1.165, 1.54) is 28.3 Å². The van der Waals surface area contributed by atoms with Crippen molar-refractivity contribution < 1.29 is 9.18 Å². The first-order chi connectivity index (χ1) is 8.19. The highest BCUT2D eigenvalue weighted by atomic mass is 32.1. The Bertz CT molecular complexity index is 513. The van der Waals surface area contributed by atoms with Crippen molar-refractivity contribution in [2.24, 2.45) is 0 Å². The Hall–Kier alpha value is -1.48. The minimum Gasteiger partial charge on any atom is -0.293 e. The number of carbonyl (C=O) groups excluding carboxylic acids is 1. The van der Waals surface area contributed by atoms with Gasteiger partial charge in [0.25, 0.3) is 0 Å². The SMILES string of the molecule is CCc1ccc(C(=O)Cc2ccc(F)cc2)s1. The van der Waals surface area contributed by atoms with Crippen LogP contribution in [0.2, 0.25) is 0 Å². The number of thiophene rings is 1. The second-order valence-electron chi connectivity index (χ2n) is 3.85. The zero-order chi connectivity index (χ0) is 12.3. The van der Waals surface area contributed by atoms with E-state index < -0.39 is 0 Å². The average Bonchev–Trinajstić information content (AvgIpc) is 2.81. The molecule has 17 heavy (non-hydrogen) atoms. The van der Waals surface area contributed by atoms with Crippen LogP contribution in [-0.2, 0) is 12.8 Å². The molecule has 0 saturated carbocycles. The minimum absolute atomic E-state index is 0.0984. The smallest absolute Gasteiger partial charge is 0.177 e. The van der Waals surface area contributed by atoms with Crippen LogP contribution in [-0.4, -0.2) is 5.78 Å². The molecule has 0 aliphatic heterocycles. The van der Waals surface area contributed by atoms with E-state index in [2.05, 4.69) is 6.92 Å². The molecule has 3 heteroatoms. The lowest BCUT2D eigenvalue weighted by molar-refractivity contribution is 0.0997. The number of ketones is 1. The summed E-state index contributed by atoms with van der Waals surface area (Å²) in [6.45, 7) is 2.07. The van der Waals surface area contributed by atoms with Crippen molar-refractivity contribution in [3.05, 3.63) is 57.5 Å². The van der Waals surface area contributed by atoms with Gasteiger partial charge in [0, 0.05) is 11.3 Å². The van der Waals surface area contributed by atoms with Crippen LogP contribution in [0.5, 0.6) is 0 Å². The van der Waals surface area contributed by atoms with E-state index in [0.29, 0.717) is 6.42 Å². The van der Waals surface area contributed by atoms with Crippen LogP contribution in [0.15, 0.2) is 36.4 Å². The number of hydrogen-bond acceptors (Lipinski definition) is 2. The summed E-state index contributed by atoms with van der Waals surface area (Å²) in [6, 6.07) is 9.93. The van der Waals surface area contributed by atoms with Gasteiger partial charge in [-0.05, 0) is 36.2 Å². The first-order valence-electron chi connectivity index (χ1n) is 5.55. The Kier molecular flexibility index (Phi) is 3.69. The van der Waals surface area contributed by atoms with E-state index in [1.54, 1.807) is 12.1 Å². The van der Waals surface area contributed by atoms with Gasteiger partial charge >= 0.3 is 0 Å². The molecular formula is C14H13FOS. The van der Waals surface area contributed by atoms with Gasteiger partial charge in [0.1, 0.15) is 5.82 Å². The van der Waals surface area contributed by atoms with Crippen molar-refractivity contribution in [2.75, 3.05) is 0 Å². The highest BCUT2D eigenvalue weighted by Gasteiger charge is 2.09. The first-order valence-corrected chi connectivity index (χ1v) is 6.37. The zero-order valence-electron chi connectivity index (χ0n) is 9.57. The number of aryl methyl sites for hydroxylation is 1. The number of hydrogen-bond donors (Lipinski definition) is 0. The van der Waals surface area contributed by atoms with Crippen LogP contribution >= 0.6 is 11.3 Å². The Morgan fingerprint density at radius 1 is 1.18 bits per heavy atom. The van der Waals surface area contributed by atoms with Gasteiger partial charge in [-0.15, -0.1) is 11.3 Å². The molecule has 0 saturated heterocycles. The van der Waals surface area contributed by atoms with Gasteiger partial charge in [0.05, 0.1) is 4.88 Å². The molecule has 1 nitrogen and oxygen atoms in total. The molecule has 0 aliphatic carbocycles. The van der Waals surface area contributed by atoms with Crippen LogP contribution in [0.1, 0.15) is 27.0 Å². The number of benzene rings is 1. The van der Waals surface area contributed by atoms with E-state index in [1.807, 2.05) is 12.1 Å². The third kappa shape index (κ3) is 3.01. The van der Waals surface area contributed by atoms with Crippen LogP contribution < -0.4 is 0 Å². The molecule has 1 aromatic heterocycles. The van der Waals surface area contributed by atoms with Crippen LogP contribution in [0.3, 0.4) is 0 Å². The second-order valence-corrected chi connectivity index (χ2v) is 5.01. The summed E-state index contributed by atoms with van der Waals surface area (Å²) in [7, 11) is 0. The Morgan fingerprint density at radius 3 is 2.47 bits per heavy atom. The maximum Gasteiger partial charge on any atom is 0.177 e. The summed E-state index contributed by atoms with van der Waals surface area (Å²) >= 11 is 1.54. The molecule has 0 spiro atoms.